The number of ether oxygens (including phenoxy) is 1. The lowest BCUT2D eigenvalue weighted by molar-refractivity contribution is -0.122. The predicted octanol–water partition coefficient (Wildman–Crippen LogP) is 2.50. The molecule has 0 aromatic heterocycles. The lowest BCUT2D eigenvalue weighted by atomic mass is 10.3. The predicted molar refractivity (Wildman–Crippen MR) is 62.9 cm³/mol. The summed E-state index contributed by atoms with van der Waals surface area (Å²) in [5, 5.41) is 2.87. The monoisotopic (exact) mass is 215 g/mol. The molecule has 0 rings (SSSR count). The van der Waals surface area contributed by atoms with E-state index >= 15 is 0 Å². The van der Waals surface area contributed by atoms with Gasteiger partial charge in [0.15, 0.2) is 0 Å². The highest BCUT2D eigenvalue weighted by Crippen LogP contribution is 1.94. The molecule has 0 aliphatic carbocycles. The number of amides is 1. The zero-order valence-corrected chi connectivity index (χ0v) is 10.2. The molecule has 0 radical (unpaired) electrons. The number of unbranched alkanes of at least 4 members (excludes halogenated alkanes) is 3. The van der Waals surface area contributed by atoms with Crippen LogP contribution in [0.15, 0.2) is 0 Å². The van der Waals surface area contributed by atoms with E-state index in [2.05, 4.69) is 19.2 Å². The zero-order chi connectivity index (χ0) is 11.4. The van der Waals surface area contributed by atoms with Crippen LogP contribution in [0, 0.1) is 0 Å². The maximum absolute atomic E-state index is 11.2. The molecular formula is C12H25NO2. The van der Waals surface area contributed by atoms with E-state index in [1.807, 2.05) is 0 Å². The molecule has 15 heavy (non-hydrogen) atoms. The van der Waals surface area contributed by atoms with Crippen LogP contribution in [0.4, 0.5) is 0 Å². The van der Waals surface area contributed by atoms with Crippen molar-refractivity contribution in [2.45, 2.75) is 52.4 Å². The molecule has 0 saturated carbocycles. The van der Waals surface area contributed by atoms with Gasteiger partial charge in [0.05, 0.1) is 6.61 Å². The second-order valence-electron chi connectivity index (χ2n) is 3.77. The van der Waals surface area contributed by atoms with Gasteiger partial charge in [0.25, 0.3) is 0 Å². The molecule has 0 aliphatic heterocycles. The summed E-state index contributed by atoms with van der Waals surface area (Å²) in [6.45, 7) is 6.42. The molecule has 3 heteroatoms. The van der Waals surface area contributed by atoms with Crippen LogP contribution in [-0.2, 0) is 9.53 Å². The van der Waals surface area contributed by atoms with E-state index in [1.54, 1.807) is 0 Å². The van der Waals surface area contributed by atoms with Crippen LogP contribution in [0.5, 0.6) is 0 Å². The smallest absolute Gasteiger partial charge is 0.222 e. The molecule has 0 aromatic carbocycles. The number of rotatable bonds is 10. The fourth-order valence-electron chi connectivity index (χ4n) is 1.21. The van der Waals surface area contributed by atoms with Crippen LogP contribution >= 0.6 is 0 Å². The van der Waals surface area contributed by atoms with Crippen molar-refractivity contribution >= 4 is 5.91 Å². The standard InChI is InChI=1S/C12H25NO2/c1-3-5-7-10-15-11-8-12(14)13-9-6-4-2/h3-11H2,1-2H3,(H,13,14). The van der Waals surface area contributed by atoms with Gasteiger partial charge in [-0.2, -0.15) is 0 Å². The second kappa shape index (κ2) is 11.5. The number of carbonyl (C=O) groups is 1. The Morgan fingerprint density at radius 3 is 2.47 bits per heavy atom. The van der Waals surface area contributed by atoms with Crippen molar-refractivity contribution in [1.82, 2.24) is 5.32 Å². The lowest BCUT2D eigenvalue weighted by Gasteiger charge is -2.05. The highest BCUT2D eigenvalue weighted by atomic mass is 16.5. The van der Waals surface area contributed by atoms with Crippen molar-refractivity contribution in [2.75, 3.05) is 19.8 Å². The normalized spacial score (nSPS) is 10.3. The first-order valence-corrected chi connectivity index (χ1v) is 6.15. The Balaban J connectivity index is 3.10. The topological polar surface area (TPSA) is 38.3 Å². The molecule has 0 heterocycles. The summed E-state index contributed by atoms with van der Waals surface area (Å²) in [4.78, 5) is 11.2. The van der Waals surface area contributed by atoms with E-state index in [1.165, 1.54) is 12.8 Å². The summed E-state index contributed by atoms with van der Waals surface area (Å²) in [6, 6.07) is 0. The highest BCUT2D eigenvalue weighted by Gasteiger charge is 1.99. The lowest BCUT2D eigenvalue weighted by Crippen LogP contribution is -2.25. The quantitative estimate of drug-likeness (QED) is 0.569. The third kappa shape index (κ3) is 11.4. The summed E-state index contributed by atoms with van der Waals surface area (Å²) < 4.78 is 5.35. The minimum atomic E-state index is 0.110. The Bertz CT molecular complexity index is 149. The molecule has 0 saturated heterocycles. The van der Waals surface area contributed by atoms with Crippen LogP contribution in [0.3, 0.4) is 0 Å². The third-order valence-electron chi connectivity index (χ3n) is 2.22. The molecule has 0 unspecified atom stereocenters. The zero-order valence-electron chi connectivity index (χ0n) is 10.2. The van der Waals surface area contributed by atoms with Crippen LogP contribution in [0.2, 0.25) is 0 Å². The third-order valence-corrected chi connectivity index (χ3v) is 2.22. The van der Waals surface area contributed by atoms with E-state index in [4.69, 9.17) is 4.74 Å². The molecule has 0 aromatic rings. The maximum atomic E-state index is 11.2. The fraction of sp³-hybridized carbons (Fsp3) is 0.917. The van der Waals surface area contributed by atoms with Gasteiger partial charge in [-0.05, 0) is 12.8 Å². The number of hydrogen-bond acceptors (Lipinski definition) is 2. The fourth-order valence-corrected chi connectivity index (χ4v) is 1.21. The van der Waals surface area contributed by atoms with Crippen LogP contribution in [0.25, 0.3) is 0 Å². The molecule has 1 amide bonds. The van der Waals surface area contributed by atoms with E-state index < -0.39 is 0 Å². The summed E-state index contributed by atoms with van der Waals surface area (Å²) in [5.74, 6) is 0.110. The van der Waals surface area contributed by atoms with Crippen LogP contribution < -0.4 is 5.32 Å². The largest absolute Gasteiger partial charge is 0.381 e. The summed E-state index contributed by atoms with van der Waals surface area (Å²) in [5.41, 5.74) is 0. The minimum absolute atomic E-state index is 0.110. The van der Waals surface area contributed by atoms with Gasteiger partial charge in [-0.3, -0.25) is 4.79 Å². The Hall–Kier alpha value is -0.570. The second-order valence-corrected chi connectivity index (χ2v) is 3.77. The molecule has 0 bridgehead atoms. The molecule has 90 valence electrons. The van der Waals surface area contributed by atoms with Gasteiger partial charge >= 0.3 is 0 Å². The minimum Gasteiger partial charge on any atom is -0.381 e. The first kappa shape index (κ1) is 14.4. The van der Waals surface area contributed by atoms with Gasteiger partial charge in [0.1, 0.15) is 0 Å². The van der Waals surface area contributed by atoms with Crippen molar-refractivity contribution in [2.24, 2.45) is 0 Å². The first-order chi connectivity index (χ1) is 7.31. The van der Waals surface area contributed by atoms with Gasteiger partial charge in [0, 0.05) is 19.6 Å². The Labute approximate surface area is 93.6 Å². The van der Waals surface area contributed by atoms with Crippen molar-refractivity contribution in [3.8, 4) is 0 Å². The average Bonchev–Trinajstić information content (AvgIpc) is 2.23. The van der Waals surface area contributed by atoms with Gasteiger partial charge in [-0.15, -0.1) is 0 Å². The highest BCUT2D eigenvalue weighted by molar-refractivity contribution is 5.75. The Morgan fingerprint density at radius 2 is 1.80 bits per heavy atom. The molecule has 3 nitrogen and oxygen atoms in total. The Kier molecular flexibility index (Phi) is 11.1. The summed E-state index contributed by atoms with van der Waals surface area (Å²) in [7, 11) is 0. The SMILES string of the molecule is CCCCCOCCC(=O)NCCCC. The molecular weight excluding hydrogens is 190 g/mol. The van der Waals surface area contributed by atoms with E-state index in [-0.39, 0.29) is 5.91 Å². The van der Waals surface area contributed by atoms with Crippen LogP contribution in [-0.4, -0.2) is 25.7 Å². The van der Waals surface area contributed by atoms with Crippen molar-refractivity contribution < 1.29 is 9.53 Å². The number of carbonyl (C=O) groups excluding carboxylic acids is 1. The molecule has 1 N–H and O–H groups in total. The van der Waals surface area contributed by atoms with Crippen molar-refractivity contribution in [3.05, 3.63) is 0 Å². The first-order valence-electron chi connectivity index (χ1n) is 6.15. The Morgan fingerprint density at radius 1 is 1.07 bits per heavy atom. The van der Waals surface area contributed by atoms with Gasteiger partial charge < -0.3 is 10.1 Å². The average molecular weight is 215 g/mol. The summed E-state index contributed by atoms with van der Waals surface area (Å²) in [6.07, 6.45) is 6.20. The van der Waals surface area contributed by atoms with Gasteiger partial charge in [0.2, 0.25) is 5.91 Å². The number of hydrogen-bond donors (Lipinski definition) is 1. The van der Waals surface area contributed by atoms with Crippen molar-refractivity contribution in [1.29, 1.82) is 0 Å². The van der Waals surface area contributed by atoms with E-state index in [0.29, 0.717) is 13.0 Å². The van der Waals surface area contributed by atoms with E-state index in [9.17, 15) is 4.79 Å². The maximum Gasteiger partial charge on any atom is 0.222 e. The van der Waals surface area contributed by atoms with Crippen molar-refractivity contribution in [3.63, 3.8) is 0 Å². The van der Waals surface area contributed by atoms with E-state index in [0.717, 1.165) is 32.4 Å². The molecule has 0 aliphatic rings. The molecule has 0 spiro atoms. The molecule has 0 fully saturated rings. The van der Waals surface area contributed by atoms with Gasteiger partial charge in [-0.25, -0.2) is 0 Å². The summed E-state index contributed by atoms with van der Waals surface area (Å²) >= 11 is 0. The van der Waals surface area contributed by atoms with Crippen LogP contribution in [0.1, 0.15) is 52.4 Å². The van der Waals surface area contributed by atoms with Gasteiger partial charge in [-0.1, -0.05) is 33.1 Å². The number of nitrogens with one attached hydrogen (secondary N) is 1. The molecule has 0 atom stereocenters.